The van der Waals surface area contributed by atoms with E-state index in [1.54, 1.807) is 6.20 Å². The highest BCUT2D eigenvalue weighted by molar-refractivity contribution is 5.90. The first-order chi connectivity index (χ1) is 24.0. The molecule has 0 atom stereocenters. The van der Waals surface area contributed by atoms with E-state index in [0.717, 1.165) is 64.5 Å². The molecule has 256 valence electrons. The topological polar surface area (TPSA) is 144 Å². The van der Waals surface area contributed by atoms with Gasteiger partial charge in [0.15, 0.2) is 0 Å². The Bertz CT molecular complexity index is 1690. The molecule has 0 radical (unpaired) electrons. The average molecular weight is 666 g/mol. The van der Waals surface area contributed by atoms with Gasteiger partial charge >= 0.3 is 5.97 Å². The zero-order valence-corrected chi connectivity index (χ0v) is 27.5. The van der Waals surface area contributed by atoms with E-state index in [9.17, 15) is 9.59 Å². The van der Waals surface area contributed by atoms with Gasteiger partial charge in [0.05, 0.1) is 32.1 Å². The van der Waals surface area contributed by atoms with E-state index in [1.165, 1.54) is 0 Å². The second kappa shape index (κ2) is 18.9. The van der Waals surface area contributed by atoms with Crippen molar-refractivity contribution in [3.05, 3.63) is 102 Å². The van der Waals surface area contributed by atoms with Crippen molar-refractivity contribution in [3.8, 4) is 17.0 Å². The molecule has 11 nitrogen and oxygen atoms in total. The quantitative estimate of drug-likeness (QED) is 0.0846. The molecule has 0 fully saturated rings. The number of aromatic nitrogens is 2. The smallest absolute Gasteiger partial charge is 0.303 e. The van der Waals surface area contributed by atoms with Crippen LogP contribution in [0.1, 0.15) is 49.7 Å². The van der Waals surface area contributed by atoms with Gasteiger partial charge in [-0.3, -0.25) is 9.59 Å². The van der Waals surface area contributed by atoms with Crippen LogP contribution in [0.4, 0.5) is 23.0 Å². The Morgan fingerprint density at radius 2 is 1.63 bits per heavy atom. The first kappa shape index (κ1) is 35.1. The summed E-state index contributed by atoms with van der Waals surface area (Å²) in [5.74, 6) is 0.387. The van der Waals surface area contributed by atoms with Gasteiger partial charge in [-0.25, -0.2) is 9.97 Å². The molecule has 6 bridgehead atoms. The van der Waals surface area contributed by atoms with Crippen LogP contribution in [-0.2, 0) is 32.3 Å². The minimum Gasteiger partial charge on any atom is -0.491 e. The van der Waals surface area contributed by atoms with Crippen molar-refractivity contribution in [2.24, 2.45) is 0 Å². The number of carbonyl (C=O) groups is 2. The van der Waals surface area contributed by atoms with Crippen LogP contribution in [0, 0.1) is 0 Å². The summed E-state index contributed by atoms with van der Waals surface area (Å²) in [5.41, 5.74) is 6.23. The molecule has 1 aromatic heterocycles. The van der Waals surface area contributed by atoms with Crippen LogP contribution in [0.15, 0.2) is 91.1 Å². The number of nitrogens with one attached hydrogen (secondary N) is 3. The highest BCUT2D eigenvalue weighted by Gasteiger charge is 2.10. The molecule has 1 aliphatic rings. The molecule has 0 saturated heterocycles. The molecule has 0 aliphatic carbocycles. The van der Waals surface area contributed by atoms with Crippen molar-refractivity contribution in [3.63, 3.8) is 0 Å². The van der Waals surface area contributed by atoms with Crippen LogP contribution >= 0.6 is 0 Å². The van der Waals surface area contributed by atoms with Crippen molar-refractivity contribution < 1.29 is 28.9 Å². The van der Waals surface area contributed by atoms with Gasteiger partial charge in [0.2, 0.25) is 11.9 Å². The Labute approximate surface area is 286 Å². The van der Waals surface area contributed by atoms with E-state index in [2.05, 4.69) is 27.0 Å². The Morgan fingerprint density at radius 3 is 2.45 bits per heavy atom. The second-order valence-corrected chi connectivity index (χ2v) is 11.6. The Morgan fingerprint density at radius 1 is 0.857 bits per heavy atom. The number of rotatable bonds is 13. The number of amides is 1. The normalized spacial score (nSPS) is 13.6. The summed E-state index contributed by atoms with van der Waals surface area (Å²) in [6, 6.07) is 23.4. The Balaban J connectivity index is 1.13. The van der Waals surface area contributed by atoms with E-state index in [-0.39, 0.29) is 12.3 Å². The summed E-state index contributed by atoms with van der Waals surface area (Å²) in [6.07, 6.45) is 9.28. The zero-order valence-electron chi connectivity index (χ0n) is 27.5. The third-order valence-electron chi connectivity index (χ3n) is 7.72. The molecule has 2 heterocycles. The number of hydrogen-bond donors (Lipinski definition) is 4. The van der Waals surface area contributed by atoms with Crippen LogP contribution in [0.5, 0.6) is 5.75 Å². The van der Waals surface area contributed by atoms with Crippen molar-refractivity contribution in [2.75, 3.05) is 42.3 Å². The van der Waals surface area contributed by atoms with E-state index >= 15 is 0 Å². The Kier molecular flexibility index (Phi) is 13.5. The maximum Gasteiger partial charge on any atom is 0.303 e. The summed E-state index contributed by atoms with van der Waals surface area (Å²) in [6.45, 7) is 2.77. The molecule has 4 aromatic rings. The van der Waals surface area contributed by atoms with Crippen molar-refractivity contribution in [1.29, 1.82) is 0 Å². The van der Waals surface area contributed by atoms with E-state index < -0.39 is 5.97 Å². The number of carboxylic acid groups (broad SMARTS) is 1. The fraction of sp³-hybridized carbons (Fsp3) is 0.316. The van der Waals surface area contributed by atoms with Gasteiger partial charge in [0, 0.05) is 53.8 Å². The third-order valence-corrected chi connectivity index (χ3v) is 7.72. The number of nitrogens with zero attached hydrogens (tertiary/aromatic N) is 2. The van der Waals surface area contributed by atoms with Crippen molar-refractivity contribution in [2.45, 2.75) is 51.7 Å². The second-order valence-electron chi connectivity index (χ2n) is 11.6. The molecule has 1 amide bonds. The first-order valence-electron chi connectivity index (χ1n) is 16.6. The van der Waals surface area contributed by atoms with Gasteiger partial charge in [-0.15, -0.1) is 0 Å². The minimum atomic E-state index is -0.779. The molecular formula is C38H43N5O6. The van der Waals surface area contributed by atoms with Crippen LogP contribution in [0.3, 0.4) is 0 Å². The Hall–Kier alpha value is -5.26. The number of hydrogen-bond acceptors (Lipinski definition) is 9. The average Bonchev–Trinajstić information content (AvgIpc) is 3.10. The molecule has 4 N–H and O–H groups in total. The molecule has 11 heteroatoms. The predicted octanol–water partition coefficient (Wildman–Crippen LogP) is 7.34. The van der Waals surface area contributed by atoms with Gasteiger partial charge in [-0.1, -0.05) is 43.2 Å². The van der Waals surface area contributed by atoms with E-state index in [4.69, 9.17) is 24.3 Å². The number of ether oxygens (including phenoxy) is 3. The van der Waals surface area contributed by atoms with Gasteiger partial charge in [-0.05, 0) is 73.0 Å². The zero-order chi connectivity index (χ0) is 34.1. The van der Waals surface area contributed by atoms with Gasteiger partial charge in [0.1, 0.15) is 12.4 Å². The maximum absolute atomic E-state index is 12.3. The van der Waals surface area contributed by atoms with Gasteiger partial charge in [-0.2, -0.15) is 0 Å². The number of carboxylic acids is 1. The summed E-state index contributed by atoms with van der Waals surface area (Å²) < 4.78 is 17.9. The van der Waals surface area contributed by atoms with Crippen molar-refractivity contribution in [1.82, 2.24) is 9.97 Å². The van der Waals surface area contributed by atoms with Crippen LogP contribution in [0.2, 0.25) is 0 Å². The van der Waals surface area contributed by atoms with Crippen molar-refractivity contribution >= 4 is 34.9 Å². The highest BCUT2D eigenvalue weighted by atomic mass is 16.5. The molecular weight excluding hydrogens is 622 g/mol. The summed E-state index contributed by atoms with van der Waals surface area (Å²) in [5, 5.41) is 18.3. The number of anilines is 4. The van der Waals surface area contributed by atoms with Crippen LogP contribution in [0.25, 0.3) is 11.3 Å². The lowest BCUT2D eigenvalue weighted by atomic mass is 10.1. The SMILES string of the molecule is O=C(O)CCCCCCC(=O)Nc1ccc(NCCOc2ccc3cc2COC/C=C/COCc2cccc(c2)-c2ccnc(n2)N3)cc1. The number of carbonyl (C=O) groups excluding carboxylic acids is 1. The number of benzene rings is 3. The highest BCUT2D eigenvalue weighted by Crippen LogP contribution is 2.27. The number of aliphatic carboxylic acids is 1. The predicted molar refractivity (Wildman–Crippen MR) is 190 cm³/mol. The summed E-state index contributed by atoms with van der Waals surface area (Å²) >= 11 is 0. The monoisotopic (exact) mass is 665 g/mol. The number of fused-ring (bicyclic) bond motifs is 7. The first-order valence-corrected chi connectivity index (χ1v) is 16.6. The molecule has 0 spiro atoms. The lowest BCUT2D eigenvalue weighted by Gasteiger charge is -2.15. The summed E-state index contributed by atoms with van der Waals surface area (Å²) in [4.78, 5) is 32.0. The maximum atomic E-state index is 12.3. The standard InChI is InChI=1S/C38H43N5O6/c44-36(10-3-1-2-4-11-37(45)46)41-32-14-12-31(13-15-32)39-20-23-49-35-17-16-33-25-30(35)27-48-22-6-5-21-47-26-28-8-7-9-29(24-28)34-18-19-40-38(42-33)43-34/h5-9,12-19,24-25,39H,1-4,10-11,20-23,26-27H2,(H,41,44)(H,45,46)(H,40,42,43)/b6-5+. The largest absolute Gasteiger partial charge is 0.491 e. The molecule has 0 saturated carbocycles. The third kappa shape index (κ3) is 12.0. The molecule has 1 aliphatic heterocycles. The number of unbranched alkanes of at least 4 members (excludes halogenated alkanes) is 3. The van der Waals surface area contributed by atoms with Gasteiger partial charge < -0.3 is 35.3 Å². The molecule has 3 aromatic carbocycles. The summed E-state index contributed by atoms with van der Waals surface area (Å²) in [7, 11) is 0. The van der Waals surface area contributed by atoms with Gasteiger partial charge in [0.25, 0.3) is 0 Å². The van der Waals surface area contributed by atoms with E-state index in [1.807, 2.05) is 78.9 Å². The molecule has 0 unspecified atom stereocenters. The fourth-order valence-electron chi connectivity index (χ4n) is 5.22. The van der Waals surface area contributed by atoms with Crippen LogP contribution < -0.4 is 20.7 Å². The lowest BCUT2D eigenvalue weighted by molar-refractivity contribution is -0.137. The minimum absolute atomic E-state index is 0.0465. The van der Waals surface area contributed by atoms with Crippen LogP contribution in [-0.4, -0.2) is 53.3 Å². The van der Waals surface area contributed by atoms with E-state index in [0.29, 0.717) is 58.4 Å². The molecule has 49 heavy (non-hydrogen) atoms. The lowest BCUT2D eigenvalue weighted by Crippen LogP contribution is -2.13. The molecule has 5 rings (SSSR count). The fourth-order valence-corrected chi connectivity index (χ4v) is 5.22.